The fourth-order valence-corrected chi connectivity index (χ4v) is 2.94. The number of benzene rings is 1. The van der Waals surface area contributed by atoms with Gasteiger partial charge in [0, 0.05) is 31.3 Å². The molecule has 1 aromatic carbocycles. The highest BCUT2D eigenvalue weighted by Gasteiger charge is 2.28. The third-order valence-corrected chi connectivity index (χ3v) is 4.23. The Morgan fingerprint density at radius 3 is 2.50 bits per heavy atom. The van der Waals surface area contributed by atoms with Crippen LogP contribution >= 0.6 is 0 Å². The molecule has 0 spiro atoms. The molecule has 2 rings (SSSR count). The molecule has 0 saturated carbocycles. The molecule has 0 aromatic heterocycles. The van der Waals surface area contributed by atoms with Crippen molar-refractivity contribution in [1.82, 2.24) is 4.90 Å². The number of methoxy groups -OCH3 is 2. The molecule has 24 heavy (non-hydrogen) atoms. The van der Waals surface area contributed by atoms with Gasteiger partial charge in [0.2, 0.25) is 0 Å². The summed E-state index contributed by atoms with van der Waals surface area (Å²) in [6.07, 6.45) is 1.29. The van der Waals surface area contributed by atoms with Gasteiger partial charge in [0.1, 0.15) is 5.75 Å². The Bertz CT molecular complexity index is 579. The lowest BCUT2D eigenvalue weighted by atomic mass is 9.96. The van der Waals surface area contributed by atoms with Crippen molar-refractivity contribution in [3.63, 3.8) is 0 Å². The van der Waals surface area contributed by atoms with E-state index in [0.717, 1.165) is 5.56 Å². The molecule has 0 bridgehead atoms. The molecule has 6 nitrogen and oxygen atoms in total. The number of hydrogen-bond acceptors (Lipinski definition) is 5. The number of carbonyl (C=O) groups is 2. The molecule has 1 aliphatic heterocycles. The van der Waals surface area contributed by atoms with Crippen LogP contribution in [0.4, 0.5) is 0 Å². The van der Waals surface area contributed by atoms with E-state index in [1.165, 1.54) is 0 Å². The highest BCUT2D eigenvalue weighted by atomic mass is 16.5. The zero-order valence-electron chi connectivity index (χ0n) is 14.5. The zero-order chi connectivity index (χ0) is 17.5. The summed E-state index contributed by atoms with van der Waals surface area (Å²) in [6.45, 7) is 3.71. The minimum atomic E-state index is -0.156. The SMILES string of the molecule is CCOC(=O)C1CCN(C(=O)c2ccc(OC)c(COC)c2)CC1. The first-order valence-corrected chi connectivity index (χ1v) is 8.22. The number of amides is 1. The molecule has 1 fully saturated rings. The number of hydrogen-bond donors (Lipinski definition) is 0. The first-order chi connectivity index (χ1) is 11.6. The molecule has 0 unspecified atom stereocenters. The Labute approximate surface area is 142 Å². The second-order valence-corrected chi connectivity index (χ2v) is 5.78. The second-order valence-electron chi connectivity index (χ2n) is 5.78. The van der Waals surface area contributed by atoms with E-state index in [1.54, 1.807) is 38.2 Å². The van der Waals surface area contributed by atoms with Crippen molar-refractivity contribution >= 4 is 11.9 Å². The molecule has 1 aromatic rings. The fourth-order valence-electron chi connectivity index (χ4n) is 2.94. The van der Waals surface area contributed by atoms with Crippen LogP contribution in [0.1, 0.15) is 35.7 Å². The molecule has 1 saturated heterocycles. The van der Waals surface area contributed by atoms with Gasteiger partial charge in [-0.15, -0.1) is 0 Å². The highest BCUT2D eigenvalue weighted by Crippen LogP contribution is 2.24. The van der Waals surface area contributed by atoms with Crippen LogP contribution in [0.25, 0.3) is 0 Å². The average Bonchev–Trinajstić information content (AvgIpc) is 2.61. The maximum Gasteiger partial charge on any atom is 0.309 e. The van der Waals surface area contributed by atoms with Crippen LogP contribution in [0.15, 0.2) is 18.2 Å². The Hall–Kier alpha value is -2.08. The number of likely N-dealkylation sites (tertiary alicyclic amines) is 1. The Morgan fingerprint density at radius 1 is 1.21 bits per heavy atom. The third-order valence-electron chi connectivity index (χ3n) is 4.23. The largest absolute Gasteiger partial charge is 0.496 e. The third kappa shape index (κ3) is 4.26. The van der Waals surface area contributed by atoms with E-state index in [9.17, 15) is 9.59 Å². The van der Waals surface area contributed by atoms with Crippen molar-refractivity contribution < 1.29 is 23.8 Å². The van der Waals surface area contributed by atoms with E-state index in [4.69, 9.17) is 14.2 Å². The van der Waals surface area contributed by atoms with Crippen LogP contribution in [0, 0.1) is 5.92 Å². The number of esters is 1. The van der Waals surface area contributed by atoms with Crippen molar-refractivity contribution in [2.45, 2.75) is 26.4 Å². The van der Waals surface area contributed by atoms with Gasteiger partial charge in [-0.05, 0) is 38.0 Å². The molecular formula is C18H25NO5. The van der Waals surface area contributed by atoms with Gasteiger partial charge in [0.05, 0.1) is 26.2 Å². The van der Waals surface area contributed by atoms with Crippen molar-refractivity contribution in [1.29, 1.82) is 0 Å². The molecule has 132 valence electrons. The Kier molecular flexibility index (Phi) is 6.61. The smallest absolute Gasteiger partial charge is 0.309 e. The van der Waals surface area contributed by atoms with Gasteiger partial charge in [0.15, 0.2) is 0 Å². The Balaban J connectivity index is 2.02. The molecule has 6 heteroatoms. The first-order valence-electron chi connectivity index (χ1n) is 8.22. The molecule has 0 atom stereocenters. The summed E-state index contributed by atoms with van der Waals surface area (Å²) in [5.74, 6) is 0.414. The lowest BCUT2D eigenvalue weighted by Gasteiger charge is -2.31. The van der Waals surface area contributed by atoms with E-state index in [1.807, 2.05) is 6.07 Å². The van der Waals surface area contributed by atoms with E-state index in [2.05, 4.69) is 0 Å². The van der Waals surface area contributed by atoms with Crippen molar-refractivity contribution in [3.8, 4) is 5.75 Å². The van der Waals surface area contributed by atoms with E-state index >= 15 is 0 Å². The minimum absolute atomic E-state index is 0.0303. The number of rotatable bonds is 6. The summed E-state index contributed by atoms with van der Waals surface area (Å²) in [6, 6.07) is 5.35. The van der Waals surface area contributed by atoms with Crippen LogP contribution in [0.2, 0.25) is 0 Å². The predicted octanol–water partition coefficient (Wildman–Crippen LogP) is 2.26. The van der Waals surface area contributed by atoms with Gasteiger partial charge in [-0.2, -0.15) is 0 Å². The van der Waals surface area contributed by atoms with Gasteiger partial charge in [-0.1, -0.05) is 0 Å². The number of piperidine rings is 1. The van der Waals surface area contributed by atoms with Crippen LogP contribution in [-0.4, -0.2) is 50.7 Å². The summed E-state index contributed by atoms with van der Waals surface area (Å²) in [4.78, 5) is 26.3. The van der Waals surface area contributed by atoms with Crippen molar-refractivity contribution in [2.24, 2.45) is 5.92 Å². The van der Waals surface area contributed by atoms with E-state index in [-0.39, 0.29) is 17.8 Å². The van der Waals surface area contributed by atoms with Crippen LogP contribution in [-0.2, 0) is 20.9 Å². The summed E-state index contributed by atoms with van der Waals surface area (Å²) < 4.78 is 15.5. The maximum atomic E-state index is 12.7. The lowest BCUT2D eigenvalue weighted by Crippen LogP contribution is -2.40. The number of nitrogens with zero attached hydrogens (tertiary/aromatic N) is 1. The van der Waals surface area contributed by atoms with Crippen molar-refractivity contribution in [2.75, 3.05) is 33.9 Å². The summed E-state index contributed by atoms with van der Waals surface area (Å²) in [7, 11) is 3.20. The molecular weight excluding hydrogens is 310 g/mol. The van der Waals surface area contributed by atoms with Crippen LogP contribution in [0.3, 0.4) is 0 Å². The second kappa shape index (κ2) is 8.68. The summed E-state index contributed by atoms with van der Waals surface area (Å²) in [5, 5.41) is 0. The summed E-state index contributed by atoms with van der Waals surface area (Å²) >= 11 is 0. The lowest BCUT2D eigenvalue weighted by molar-refractivity contribution is -0.149. The van der Waals surface area contributed by atoms with Crippen LogP contribution < -0.4 is 4.74 Å². The minimum Gasteiger partial charge on any atom is -0.496 e. The standard InChI is InChI=1S/C18H25NO5/c1-4-24-18(21)13-7-9-19(10-8-13)17(20)14-5-6-16(23-3)15(11-14)12-22-2/h5-6,11,13H,4,7-10,12H2,1-3H3. The van der Waals surface area contributed by atoms with Gasteiger partial charge in [-0.25, -0.2) is 0 Å². The quantitative estimate of drug-likeness (QED) is 0.746. The Morgan fingerprint density at radius 2 is 1.92 bits per heavy atom. The molecule has 1 aliphatic rings. The highest BCUT2D eigenvalue weighted by molar-refractivity contribution is 5.94. The molecule has 0 N–H and O–H groups in total. The molecule has 0 radical (unpaired) electrons. The van der Waals surface area contributed by atoms with Crippen molar-refractivity contribution in [3.05, 3.63) is 29.3 Å². The fraction of sp³-hybridized carbons (Fsp3) is 0.556. The maximum absolute atomic E-state index is 12.7. The van der Waals surface area contributed by atoms with E-state index in [0.29, 0.717) is 50.5 Å². The van der Waals surface area contributed by atoms with Gasteiger partial charge in [0.25, 0.3) is 5.91 Å². The zero-order valence-corrected chi connectivity index (χ0v) is 14.5. The predicted molar refractivity (Wildman–Crippen MR) is 89.0 cm³/mol. The number of carbonyl (C=O) groups excluding carboxylic acids is 2. The molecule has 1 amide bonds. The normalized spacial score (nSPS) is 15.2. The van der Waals surface area contributed by atoms with Gasteiger partial charge in [-0.3, -0.25) is 9.59 Å². The monoisotopic (exact) mass is 335 g/mol. The molecule has 1 heterocycles. The van der Waals surface area contributed by atoms with Gasteiger partial charge < -0.3 is 19.1 Å². The number of ether oxygens (including phenoxy) is 3. The molecule has 0 aliphatic carbocycles. The average molecular weight is 335 g/mol. The van der Waals surface area contributed by atoms with E-state index < -0.39 is 0 Å². The first kappa shape index (κ1) is 18.3. The summed E-state index contributed by atoms with van der Waals surface area (Å²) in [5.41, 5.74) is 1.45. The van der Waals surface area contributed by atoms with Gasteiger partial charge >= 0.3 is 5.97 Å². The van der Waals surface area contributed by atoms with Crippen LogP contribution in [0.5, 0.6) is 5.75 Å². The topological polar surface area (TPSA) is 65.1 Å².